The summed E-state index contributed by atoms with van der Waals surface area (Å²) in [5.41, 5.74) is 1.56. The fourth-order valence-electron chi connectivity index (χ4n) is 4.64. The van der Waals surface area contributed by atoms with E-state index in [9.17, 15) is 13.9 Å². The molecule has 0 aliphatic heterocycles. The molecule has 39 heavy (non-hydrogen) atoms. The van der Waals surface area contributed by atoms with E-state index in [0.717, 1.165) is 6.92 Å². The van der Waals surface area contributed by atoms with Crippen LogP contribution < -0.4 is 4.74 Å². The van der Waals surface area contributed by atoms with Crippen molar-refractivity contribution in [1.82, 2.24) is 19.5 Å². The number of hydrogen-bond acceptors (Lipinski definition) is 5. The Labute approximate surface area is 233 Å². The Morgan fingerprint density at radius 3 is 2.31 bits per heavy atom. The van der Waals surface area contributed by atoms with Gasteiger partial charge in [0.05, 0.1) is 35.9 Å². The van der Waals surface area contributed by atoms with Gasteiger partial charge in [0, 0.05) is 42.6 Å². The summed E-state index contributed by atoms with van der Waals surface area (Å²) in [6, 6.07) is 15.1. The standard InChI is InChI=1S/C29H24Cl2F2N4O2/c1-28(32,33)24-11-4-17(14-35-24)12-22-26(31)21-13-19(7-10-23(21)36-27(22)39-3)29(38,25-15-34-16-37(25)2)18-5-8-20(30)9-6-18/h4-11,13-16,38H,12H2,1-3H3. The number of benzene rings is 2. The van der Waals surface area contributed by atoms with Crippen LogP contribution >= 0.6 is 23.2 Å². The van der Waals surface area contributed by atoms with Gasteiger partial charge in [-0.3, -0.25) is 4.98 Å². The minimum atomic E-state index is -3.04. The molecule has 0 spiro atoms. The van der Waals surface area contributed by atoms with Gasteiger partial charge in [-0.25, -0.2) is 9.97 Å². The molecule has 1 atom stereocenters. The van der Waals surface area contributed by atoms with E-state index in [1.807, 2.05) is 0 Å². The van der Waals surface area contributed by atoms with E-state index in [4.69, 9.17) is 27.9 Å². The van der Waals surface area contributed by atoms with E-state index < -0.39 is 11.5 Å². The van der Waals surface area contributed by atoms with E-state index in [1.165, 1.54) is 19.4 Å². The molecule has 0 aliphatic carbocycles. The third-order valence-corrected chi connectivity index (χ3v) is 7.38. The predicted molar refractivity (Wildman–Crippen MR) is 147 cm³/mol. The third kappa shape index (κ3) is 4.95. The van der Waals surface area contributed by atoms with Crippen molar-refractivity contribution < 1.29 is 18.6 Å². The van der Waals surface area contributed by atoms with E-state index in [0.29, 0.717) is 54.8 Å². The van der Waals surface area contributed by atoms with E-state index in [-0.39, 0.29) is 12.1 Å². The van der Waals surface area contributed by atoms with E-state index >= 15 is 0 Å². The normalized spacial score (nSPS) is 13.4. The lowest BCUT2D eigenvalue weighted by molar-refractivity contribution is 0.0127. The number of aryl methyl sites for hydroxylation is 1. The molecular weight excluding hydrogens is 545 g/mol. The Kier molecular flexibility index (Phi) is 7.05. The number of aliphatic hydroxyl groups is 1. The summed E-state index contributed by atoms with van der Waals surface area (Å²) < 4.78 is 34.5. The fourth-order valence-corrected chi connectivity index (χ4v) is 5.07. The second-order valence-corrected chi connectivity index (χ2v) is 10.2. The van der Waals surface area contributed by atoms with Crippen molar-refractivity contribution in [2.45, 2.75) is 24.9 Å². The summed E-state index contributed by atoms with van der Waals surface area (Å²) in [6.45, 7) is 0.802. The maximum Gasteiger partial charge on any atom is 0.286 e. The number of imidazole rings is 1. The van der Waals surface area contributed by atoms with Gasteiger partial charge in [-0.05, 0) is 47.0 Å². The molecule has 3 heterocycles. The number of ether oxygens (including phenoxy) is 1. The van der Waals surface area contributed by atoms with Crippen LogP contribution in [0.5, 0.6) is 5.88 Å². The first-order chi connectivity index (χ1) is 18.5. The molecule has 1 N–H and O–H groups in total. The Morgan fingerprint density at radius 1 is 1.00 bits per heavy atom. The monoisotopic (exact) mass is 568 g/mol. The Balaban J connectivity index is 1.65. The van der Waals surface area contributed by atoms with E-state index in [2.05, 4.69) is 15.0 Å². The van der Waals surface area contributed by atoms with Crippen LogP contribution in [-0.2, 0) is 25.0 Å². The maximum atomic E-state index is 13.6. The highest BCUT2D eigenvalue weighted by atomic mass is 35.5. The van der Waals surface area contributed by atoms with Crippen molar-refractivity contribution in [2.75, 3.05) is 7.11 Å². The highest BCUT2D eigenvalue weighted by Crippen LogP contribution is 2.41. The number of hydrogen-bond donors (Lipinski definition) is 1. The van der Waals surface area contributed by atoms with E-state index in [1.54, 1.807) is 72.7 Å². The molecule has 0 amide bonds. The molecule has 200 valence electrons. The van der Waals surface area contributed by atoms with Crippen molar-refractivity contribution in [3.63, 3.8) is 0 Å². The largest absolute Gasteiger partial charge is 0.481 e. The van der Waals surface area contributed by atoms with Crippen molar-refractivity contribution >= 4 is 34.1 Å². The molecule has 2 aromatic carbocycles. The average Bonchev–Trinajstić information content (AvgIpc) is 3.36. The zero-order valence-electron chi connectivity index (χ0n) is 21.3. The molecule has 10 heteroatoms. The minimum absolute atomic E-state index is 0.251. The summed E-state index contributed by atoms with van der Waals surface area (Å²) in [5.74, 6) is -2.73. The van der Waals surface area contributed by atoms with Gasteiger partial charge in [0.25, 0.3) is 5.92 Å². The molecule has 3 aromatic heterocycles. The van der Waals surface area contributed by atoms with Crippen LogP contribution in [0, 0.1) is 0 Å². The molecule has 5 aromatic rings. The summed E-state index contributed by atoms with van der Waals surface area (Å²) in [6.07, 6.45) is 4.86. The number of pyridine rings is 2. The van der Waals surface area contributed by atoms with Crippen molar-refractivity contribution in [1.29, 1.82) is 0 Å². The maximum absolute atomic E-state index is 13.6. The van der Waals surface area contributed by atoms with Crippen molar-refractivity contribution in [3.05, 3.63) is 117 Å². The predicted octanol–water partition coefficient (Wildman–Crippen LogP) is 6.67. The first kappa shape index (κ1) is 27.0. The second-order valence-electron chi connectivity index (χ2n) is 9.37. The fraction of sp³-hybridized carbons (Fsp3) is 0.207. The van der Waals surface area contributed by atoms with Gasteiger partial charge in [-0.15, -0.1) is 0 Å². The minimum Gasteiger partial charge on any atom is -0.481 e. The molecule has 0 saturated heterocycles. The van der Waals surface area contributed by atoms with Crippen molar-refractivity contribution in [2.24, 2.45) is 7.05 Å². The summed E-state index contributed by atoms with van der Waals surface area (Å²) in [7, 11) is 3.29. The van der Waals surface area contributed by atoms with Crippen LogP contribution in [0.2, 0.25) is 10.0 Å². The highest BCUT2D eigenvalue weighted by molar-refractivity contribution is 6.36. The van der Waals surface area contributed by atoms with Gasteiger partial charge >= 0.3 is 0 Å². The van der Waals surface area contributed by atoms with Gasteiger partial charge in [0.15, 0.2) is 5.60 Å². The van der Waals surface area contributed by atoms with Crippen LogP contribution in [0.1, 0.15) is 40.6 Å². The number of rotatable bonds is 7. The lowest BCUT2D eigenvalue weighted by Gasteiger charge is -2.30. The first-order valence-corrected chi connectivity index (χ1v) is 12.7. The van der Waals surface area contributed by atoms with Crippen molar-refractivity contribution in [3.8, 4) is 5.88 Å². The third-order valence-electron chi connectivity index (χ3n) is 6.69. The molecule has 0 fully saturated rings. The van der Waals surface area contributed by atoms with Crippen LogP contribution in [0.15, 0.2) is 73.3 Å². The molecule has 0 bridgehead atoms. The Morgan fingerprint density at radius 2 is 1.72 bits per heavy atom. The molecule has 1 unspecified atom stereocenters. The second kappa shape index (κ2) is 10.2. The number of fused-ring (bicyclic) bond motifs is 1. The number of alkyl halides is 2. The van der Waals surface area contributed by atoms with Gasteiger partial charge in [0.2, 0.25) is 5.88 Å². The lowest BCUT2D eigenvalue weighted by Crippen LogP contribution is -2.31. The van der Waals surface area contributed by atoms with Gasteiger partial charge in [-0.2, -0.15) is 8.78 Å². The van der Waals surface area contributed by atoms with Crippen LogP contribution in [0.4, 0.5) is 8.78 Å². The molecule has 0 aliphatic rings. The van der Waals surface area contributed by atoms with Gasteiger partial charge in [-0.1, -0.05) is 47.5 Å². The highest BCUT2D eigenvalue weighted by Gasteiger charge is 2.37. The zero-order valence-corrected chi connectivity index (χ0v) is 22.8. The number of halogens is 4. The van der Waals surface area contributed by atoms with Crippen LogP contribution in [0.3, 0.4) is 0 Å². The Bertz CT molecular complexity index is 1650. The molecule has 6 nitrogen and oxygen atoms in total. The zero-order chi connectivity index (χ0) is 27.9. The van der Waals surface area contributed by atoms with Crippen LogP contribution in [0.25, 0.3) is 10.9 Å². The molecule has 0 radical (unpaired) electrons. The van der Waals surface area contributed by atoms with Gasteiger partial charge < -0.3 is 14.4 Å². The summed E-state index contributed by atoms with van der Waals surface area (Å²) in [5, 5.41) is 13.8. The summed E-state index contributed by atoms with van der Waals surface area (Å²) in [4.78, 5) is 12.8. The lowest BCUT2D eigenvalue weighted by atomic mass is 9.83. The number of methoxy groups -OCH3 is 1. The molecule has 0 saturated carbocycles. The number of aromatic nitrogens is 4. The quantitative estimate of drug-likeness (QED) is 0.237. The average molecular weight is 569 g/mol. The number of nitrogens with zero attached hydrogens (tertiary/aromatic N) is 4. The topological polar surface area (TPSA) is 73.1 Å². The molecule has 5 rings (SSSR count). The smallest absolute Gasteiger partial charge is 0.286 e. The summed E-state index contributed by atoms with van der Waals surface area (Å²) >= 11 is 13.1. The molecular formula is C29H24Cl2F2N4O2. The van der Waals surface area contributed by atoms with Crippen LogP contribution in [-0.4, -0.2) is 31.7 Å². The van der Waals surface area contributed by atoms with Gasteiger partial charge in [0.1, 0.15) is 5.69 Å². The first-order valence-electron chi connectivity index (χ1n) is 12.0. The Hall–Kier alpha value is -3.59. The SMILES string of the molecule is COc1nc2ccc(C(O)(c3ccc(Cl)cc3)c3cncn3C)cc2c(Cl)c1Cc1ccc(C(C)(F)F)nc1.